The lowest BCUT2D eigenvalue weighted by Crippen LogP contribution is -2.06. The minimum Gasteiger partial charge on any atom is -0.465 e. The number of fused-ring (bicyclic) bond motifs is 1. The first kappa shape index (κ1) is 21.0. The van der Waals surface area contributed by atoms with Crippen LogP contribution in [0, 0.1) is 0 Å². The number of hydrogen-bond donors (Lipinski definition) is 0. The summed E-state index contributed by atoms with van der Waals surface area (Å²) in [7, 11) is 1.32. The van der Waals surface area contributed by atoms with Gasteiger partial charge in [-0.05, 0) is 66.1 Å². The van der Waals surface area contributed by atoms with E-state index in [1.807, 2.05) is 24.3 Å². The number of ether oxygens (including phenoxy) is 1. The van der Waals surface area contributed by atoms with Crippen molar-refractivity contribution in [1.82, 2.24) is 4.57 Å². The third-order valence-electron chi connectivity index (χ3n) is 5.08. The molecule has 0 aliphatic heterocycles. The van der Waals surface area contributed by atoms with Crippen molar-refractivity contribution in [3.8, 4) is 5.69 Å². The molecule has 3 aromatic carbocycles. The Morgan fingerprint density at radius 3 is 2.58 bits per heavy atom. The van der Waals surface area contributed by atoms with Gasteiger partial charge in [0, 0.05) is 22.3 Å². The van der Waals surface area contributed by atoms with E-state index in [1.165, 1.54) is 13.2 Å². The molecule has 0 amide bonds. The van der Waals surface area contributed by atoms with Crippen LogP contribution in [0.4, 0.5) is 13.2 Å². The van der Waals surface area contributed by atoms with Crippen LogP contribution in [-0.2, 0) is 17.3 Å². The summed E-state index contributed by atoms with van der Waals surface area (Å²) in [6.45, 7) is 0. The minimum absolute atomic E-state index is 0.400. The number of halogens is 4. The Balaban J connectivity index is 1.69. The molecule has 0 aliphatic rings. The van der Waals surface area contributed by atoms with Crippen LogP contribution in [0.1, 0.15) is 27.0 Å². The lowest BCUT2D eigenvalue weighted by Gasteiger charge is -2.11. The molecule has 4 aromatic rings. The summed E-state index contributed by atoms with van der Waals surface area (Å²) in [5.41, 5.74) is 2.64. The molecule has 31 heavy (non-hydrogen) atoms. The number of carbonyl (C=O) groups is 1. The maximum absolute atomic E-state index is 13.1. The standard InChI is InChI=1S/C24H17ClF3NO2/c1-31-23(30)21-14-19(25)7-6-16(21)11-15-5-8-22-17(12-15)9-10-29(22)20-4-2-3-18(13-20)24(26,27)28/h2-10,12-14H,11H2,1H3. The van der Waals surface area contributed by atoms with Gasteiger partial charge in [-0.25, -0.2) is 4.79 Å². The van der Waals surface area contributed by atoms with Crippen molar-refractivity contribution in [3.05, 3.63) is 100 Å². The van der Waals surface area contributed by atoms with E-state index in [1.54, 1.807) is 35.0 Å². The summed E-state index contributed by atoms with van der Waals surface area (Å²) in [5, 5.41) is 1.32. The zero-order chi connectivity index (χ0) is 22.2. The normalized spacial score (nSPS) is 11.6. The van der Waals surface area contributed by atoms with Crippen molar-refractivity contribution in [2.24, 2.45) is 0 Å². The molecule has 0 radical (unpaired) electrons. The predicted octanol–water partition coefficient (Wildman–Crippen LogP) is 6.68. The van der Waals surface area contributed by atoms with Crippen molar-refractivity contribution in [3.63, 3.8) is 0 Å². The molecular weight excluding hydrogens is 427 g/mol. The third kappa shape index (κ3) is 4.30. The first-order chi connectivity index (χ1) is 14.8. The lowest BCUT2D eigenvalue weighted by molar-refractivity contribution is -0.137. The highest BCUT2D eigenvalue weighted by atomic mass is 35.5. The third-order valence-corrected chi connectivity index (χ3v) is 5.31. The second-order valence-electron chi connectivity index (χ2n) is 7.10. The Morgan fingerprint density at radius 1 is 1.03 bits per heavy atom. The summed E-state index contributed by atoms with van der Waals surface area (Å²) < 4.78 is 45.8. The Hall–Kier alpha value is -3.25. The quantitative estimate of drug-likeness (QED) is 0.329. The fourth-order valence-electron chi connectivity index (χ4n) is 3.58. The monoisotopic (exact) mass is 443 g/mol. The van der Waals surface area contributed by atoms with E-state index in [-0.39, 0.29) is 0 Å². The van der Waals surface area contributed by atoms with E-state index in [0.29, 0.717) is 22.7 Å². The zero-order valence-corrected chi connectivity index (χ0v) is 17.2. The molecule has 0 bridgehead atoms. The number of carbonyl (C=O) groups excluding carboxylic acids is 1. The number of esters is 1. The van der Waals surface area contributed by atoms with E-state index < -0.39 is 17.7 Å². The van der Waals surface area contributed by atoms with Crippen molar-refractivity contribution in [2.75, 3.05) is 7.11 Å². The molecule has 0 fully saturated rings. The van der Waals surface area contributed by atoms with Crippen molar-refractivity contribution < 1.29 is 22.7 Å². The van der Waals surface area contributed by atoms with Gasteiger partial charge >= 0.3 is 12.1 Å². The van der Waals surface area contributed by atoms with Crippen LogP contribution in [0.5, 0.6) is 0 Å². The Labute approximate surface area is 181 Å². The lowest BCUT2D eigenvalue weighted by atomic mass is 9.99. The molecule has 0 aliphatic carbocycles. The average Bonchev–Trinajstić information content (AvgIpc) is 3.17. The number of aromatic nitrogens is 1. The molecule has 0 spiro atoms. The number of methoxy groups -OCH3 is 1. The fraction of sp³-hybridized carbons (Fsp3) is 0.125. The van der Waals surface area contributed by atoms with Gasteiger partial charge in [-0.15, -0.1) is 0 Å². The fourth-order valence-corrected chi connectivity index (χ4v) is 3.75. The molecule has 0 saturated heterocycles. The zero-order valence-electron chi connectivity index (χ0n) is 16.4. The molecule has 158 valence electrons. The summed E-state index contributed by atoms with van der Waals surface area (Å²) in [4.78, 5) is 12.1. The second-order valence-corrected chi connectivity index (χ2v) is 7.53. The van der Waals surface area contributed by atoms with Crippen LogP contribution in [0.15, 0.2) is 72.9 Å². The van der Waals surface area contributed by atoms with Crippen molar-refractivity contribution in [1.29, 1.82) is 0 Å². The van der Waals surface area contributed by atoms with E-state index in [4.69, 9.17) is 16.3 Å². The van der Waals surface area contributed by atoms with Crippen LogP contribution in [-0.4, -0.2) is 17.6 Å². The molecule has 1 heterocycles. The molecule has 4 rings (SSSR count). The van der Waals surface area contributed by atoms with Gasteiger partial charge in [0.05, 0.1) is 23.8 Å². The number of rotatable bonds is 4. The van der Waals surface area contributed by atoms with Crippen molar-refractivity contribution >= 4 is 28.5 Å². The molecule has 0 unspecified atom stereocenters. The maximum atomic E-state index is 13.1. The van der Waals surface area contributed by atoms with Crippen LogP contribution in [0.3, 0.4) is 0 Å². The largest absolute Gasteiger partial charge is 0.465 e. The molecule has 1 aromatic heterocycles. The first-order valence-corrected chi connectivity index (χ1v) is 9.78. The summed E-state index contributed by atoms with van der Waals surface area (Å²) >= 11 is 6.02. The van der Waals surface area contributed by atoms with E-state index >= 15 is 0 Å². The van der Waals surface area contributed by atoms with Gasteiger partial charge in [-0.1, -0.05) is 29.8 Å². The molecular formula is C24H17ClF3NO2. The van der Waals surface area contributed by atoms with Crippen LogP contribution < -0.4 is 0 Å². The number of nitrogens with zero attached hydrogens (tertiary/aromatic N) is 1. The molecule has 0 saturated carbocycles. The van der Waals surface area contributed by atoms with Crippen LogP contribution in [0.25, 0.3) is 16.6 Å². The van der Waals surface area contributed by atoms with Gasteiger partial charge in [0.25, 0.3) is 0 Å². The van der Waals surface area contributed by atoms with Crippen LogP contribution in [0.2, 0.25) is 5.02 Å². The maximum Gasteiger partial charge on any atom is 0.416 e. The summed E-state index contributed by atoms with van der Waals surface area (Å²) in [5.74, 6) is -0.464. The SMILES string of the molecule is COC(=O)c1cc(Cl)ccc1Cc1ccc2c(ccn2-c2cccc(C(F)(F)F)c2)c1. The second kappa shape index (κ2) is 8.12. The highest BCUT2D eigenvalue weighted by Crippen LogP contribution is 2.31. The molecule has 0 N–H and O–H groups in total. The Bertz CT molecular complexity index is 1280. The van der Waals surface area contributed by atoms with Gasteiger partial charge in [-0.2, -0.15) is 13.2 Å². The van der Waals surface area contributed by atoms with E-state index in [2.05, 4.69) is 0 Å². The van der Waals surface area contributed by atoms with E-state index in [0.717, 1.165) is 34.2 Å². The Morgan fingerprint density at radius 2 is 1.84 bits per heavy atom. The van der Waals surface area contributed by atoms with Crippen molar-refractivity contribution in [2.45, 2.75) is 12.6 Å². The smallest absolute Gasteiger partial charge is 0.416 e. The average molecular weight is 444 g/mol. The van der Waals surface area contributed by atoms with Gasteiger partial charge in [0.1, 0.15) is 0 Å². The first-order valence-electron chi connectivity index (χ1n) is 9.40. The minimum atomic E-state index is -4.40. The summed E-state index contributed by atoms with van der Waals surface area (Å²) in [6.07, 6.45) is -2.18. The molecule has 7 heteroatoms. The number of hydrogen-bond acceptors (Lipinski definition) is 2. The highest BCUT2D eigenvalue weighted by Gasteiger charge is 2.30. The Kier molecular flexibility index (Phi) is 5.50. The molecule has 0 atom stereocenters. The van der Waals surface area contributed by atoms with E-state index in [9.17, 15) is 18.0 Å². The van der Waals surface area contributed by atoms with Gasteiger partial charge < -0.3 is 9.30 Å². The topological polar surface area (TPSA) is 31.2 Å². The van der Waals surface area contributed by atoms with Gasteiger partial charge in [-0.3, -0.25) is 0 Å². The van der Waals surface area contributed by atoms with Gasteiger partial charge in [0.15, 0.2) is 0 Å². The van der Waals surface area contributed by atoms with Crippen LogP contribution >= 0.6 is 11.6 Å². The number of benzene rings is 3. The number of alkyl halides is 3. The highest BCUT2D eigenvalue weighted by molar-refractivity contribution is 6.31. The predicted molar refractivity (Wildman–Crippen MR) is 114 cm³/mol. The molecule has 3 nitrogen and oxygen atoms in total. The van der Waals surface area contributed by atoms with Gasteiger partial charge in [0.2, 0.25) is 0 Å². The summed E-state index contributed by atoms with van der Waals surface area (Å²) in [6, 6.07) is 17.8.